The lowest BCUT2D eigenvalue weighted by Gasteiger charge is -2.10. The van der Waals surface area contributed by atoms with E-state index in [1.807, 2.05) is 49.5 Å². The van der Waals surface area contributed by atoms with Gasteiger partial charge in [-0.05, 0) is 43.0 Å². The van der Waals surface area contributed by atoms with Crippen LogP contribution in [0.4, 0.5) is 5.69 Å². The summed E-state index contributed by atoms with van der Waals surface area (Å²) < 4.78 is 3.40. The normalized spacial score (nSPS) is 13.5. The summed E-state index contributed by atoms with van der Waals surface area (Å²) >= 11 is 6.07. The van der Waals surface area contributed by atoms with Gasteiger partial charge in [0.25, 0.3) is 5.56 Å². The Hall–Kier alpha value is -3.38. The summed E-state index contributed by atoms with van der Waals surface area (Å²) in [7, 11) is 0. The maximum atomic E-state index is 13.3. The number of rotatable bonds is 5. The summed E-state index contributed by atoms with van der Waals surface area (Å²) in [6, 6.07) is 15.3. The quantitative estimate of drug-likeness (QED) is 0.492. The average molecular weight is 433 g/mol. The molecule has 1 fully saturated rings. The molecular formula is C24H21ClN4O2. The summed E-state index contributed by atoms with van der Waals surface area (Å²) in [6.45, 7) is 1.91. The highest BCUT2D eigenvalue weighted by molar-refractivity contribution is 6.31. The molecule has 1 aliphatic rings. The molecule has 0 aliphatic heterocycles. The molecule has 4 aromatic rings. The second-order valence-corrected chi connectivity index (χ2v) is 8.37. The van der Waals surface area contributed by atoms with E-state index in [0.717, 1.165) is 29.5 Å². The Bertz CT molecular complexity index is 1350. The van der Waals surface area contributed by atoms with E-state index in [1.54, 1.807) is 27.6 Å². The van der Waals surface area contributed by atoms with Crippen molar-refractivity contribution in [1.29, 1.82) is 0 Å². The third-order valence-electron chi connectivity index (χ3n) is 5.61. The van der Waals surface area contributed by atoms with E-state index in [0.29, 0.717) is 21.7 Å². The van der Waals surface area contributed by atoms with E-state index in [1.165, 1.54) is 0 Å². The number of benzene rings is 2. The number of fused-ring (bicyclic) bond motifs is 1. The van der Waals surface area contributed by atoms with Crippen molar-refractivity contribution in [3.05, 3.63) is 82.0 Å². The van der Waals surface area contributed by atoms with E-state index >= 15 is 0 Å². The highest BCUT2D eigenvalue weighted by Gasteiger charge is 2.27. The van der Waals surface area contributed by atoms with Gasteiger partial charge in [0.05, 0.1) is 6.33 Å². The minimum absolute atomic E-state index is 0.000880. The number of amides is 1. The predicted molar refractivity (Wildman–Crippen MR) is 123 cm³/mol. The third kappa shape index (κ3) is 3.75. The molecule has 2 aromatic carbocycles. The second-order valence-electron chi connectivity index (χ2n) is 7.93. The van der Waals surface area contributed by atoms with E-state index in [2.05, 4.69) is 10.3 Å². The van der Waals surface area contributed by atoms with Crippen molar-refractivity contribution in [3.63, 3.8) is 0 Å². The molecule has 0 bridgehead atoms. The molecule has 6 nitrogen and oxygen atoms in total. The maximum absolute atomic E-state index is 13.3. The van der Waals surface area contributed by atoms with Crippen LogP contribution >= 0.6 is 11.6 Å². The number of nitrogens with one attached hydrogen (secondary N) is 1. The highest BCUT2D eigenvalue weighted by atomic mass is 35.5. The molecule has 0 unspecified atom stereocenters. The topological polar surface area (TPSA) is 68.9 Å². The molecule has 2 aromatic heterocycles. The summed E-state index contributed by atoms with van der Waals surface area (Å²) in [5.74, 6) is -0.233. The lowest BCUT2D eigenvalue weighted by atomic mass is 10.1. The van der Waals surface area contributed by atoms with Crippen molar-refractivity contribution < 1.29 is 4.79 Å². The molecule has 0 saturated heterocycles. The standard InChI is InChI=1S/C24H21ClN4O2/c1-15-7-8-17(25)11-20(15)27-21(30)13-28-12-19(16-5-3-2-4-6-16)22-23(28)24(31)29(14-26-22)18-9-10-18/h2-8,11-12,14,18H,9-10,13H2,1H3,(H,27,30). The lowest BCUT2D eigenvalue weighted by Crippen LogP contribution is -2.24. The van der Waals surface area contributed by atoms with Crippen LogP contribution in [0.15, 0.2) is 65.8 Å². The maximum Gasteiger partial charge on any atom is 0.278 e. The monoisotopic (exact) mass is 432 g/mol. The minimum Gasteiger partial charge on any atom is -0.332 e. The van der Waals surface area contributed by atoms with Gasteiger partial charge < -0.3 is 9.88 Å². The average Bonchev–Trinajstić information content (AvgIpc) is 3.53. The number of aromatic nitrogens is 3. The number of carbonyl (C=O) groups is 1. The second kappa shape index (κ2) is 7.71. The van der Waals surface area contributed by atoms with Crippen LogP contribution in [0, 0.1) is 6.92 Å². The molecule has 31 heavy (non-hydrogen) atoms. The van der Waals surface area contributed by atoms with Crippen LogP contribution in [-0.4, -0.2) is 20.0 Å². The van der Waals surface area contributed by atoms with E-state index in [-0.39, 0.29) is 24.1 Å². The summed E-state index contributed by atoms with van der Waals surface area (Å²) in [6.07, 6.45) is 5.44. The van der Waals surface area contributed by atoms with Gasteiger partial charge in [0, 0.05) is 28.5 Å². The molecule has 1 amide bonds. The zero-order valence-electron chi connectivity index (χ0n) is 17.0. The Balaban J connectivity index is 1.57. The molecular weight excluding hydrogens is 412 g/mol. The number of halogens is 1. The first-order valence-corrected chi connectivity index (χ1v) is 10.6. The molecule has 0 radical (unpaired) electrons. The van der Waals surface area contributed by atoms with Gasteiger partial charge >= 0.3 is 0 Å². The Morgan fingerprint density at radius 2 is 1.97 bits per heavy atom. The van der Waals surface area contributed by atoms with Gasteiger partial charge in [-0.15, -0.1) is 0 Å². The summed E-state index contributed by atoms with van der Waals surface area (Å²) in [5, 5.41) is 3.46. The predicted octanol–water partition coefficient (Wildman–Crippen LogP) is 4.80. The summed E-state index contributed by atoms with van der Waals surface area (Å²) in [5.41, 5.74) is 4.31. The fraction of sp³-hybridized carbons (Fsp3) is 0.208. The zero-order valence-corrected chi connectivity index (χ0v) is 17.8. The van der Waals surface area contributed by atoms with Crippen LogP contribution in [0.25, 0.3) is 22.2 Å². The highest BCUT2D eigenvalue weighted by Crippen LogP contribution is 2.34. The molecule has 0 atom stereocenters. The smallest absolute Gasteiger partial charge is 0.278 e. The van der Waals surface area contributed by atoms with Gasteiger partial charge in [0.15, 0.2) is 0 Å². The van der Waals surface area contributed by atoms with Crippen LogP contribution in [0.1, 0.15) is 24.4 Å². The van der Waals surface area contributed by atoms with Crippen LogP contribution in [0.2, 0.25) is 5.02 Å². The third-order valence-corrected chi connectivity index (χ3v) is 5.85. The number of aryl methyl sites for hydroxylation is 1. The van der Waals surface area contributed by atoms with Gasteiger partial charge in [-0.2, -0.15) is 0 Å². The van der Waals surface area contributed by atoms with E-state index in [4.69, 9.17) is 11.6 Å². The fourth-order valence-electron chi connectivity index (χ4n) is 3.83. The van der Waals surface area contributed by atoms with Gasteiger partial charge in [-0.3, -0.25) is 14.2 Å². The molecule has 156 valence electrons. The largest absolute Gasteiger partial charge is 0.332 e. The van der Waals surface area contributed by atoms with Gasteiger partial charge in [-0.1, -0.05) is 48.0 Å². The first-order chi connectivity index (χ1) is 15.0. The number of hydrogen-bond donors (Lipinski definition) is 1. The number of anilines is 1. The van der Waals surface area contributed by atoms with Gasteiger partial charge in [-0.25, -0.2) is 4.98 Å². The zero-order chi connectivity index (χ0) is 21.5. The lowest BCUT2D eigenvalue weighted by molar-refractivity contribution is -0.116. The van der Waals surface area contributed by atoms with Crippen molar-refractivity contribution >= 4 is 34.2 Å². The molecule has 1 saturated carbocycles. The number of nitrogens with zero attached hydrogens (tertiary/aromatic N) is 3. The SMILES string of the molecule is Cc1ccc(Cl)cc1NC(=O)Cn1cc(-c2ccccc2)c2ncn(C3CC3)c(=O)c21. The Labute approximate surface area is 184 Å². The van der Waals surface area contributed by atoms with Crippen LogP contribution in [0.3, 0.4) is 0 Å². The molecule has 5 rings (SSSR count). The van der Waals surface area contributed by atoms with Crippen molar-refractivity contribution in [3.8, 4) is 11.1 Å². The van der Waals surface area contributed by atoms with Crippen LogP contribution in [0.5, 0.6) is 0 Å². The first-order valence-electron chi connectivity index (χ1n) is 10.2. The van der Waals surface area contributed by atoms with Crippen molar-refractivity contribution in [2.24, 2.45) is 0 Å². The number of carbonyl (C=O) groups excluding carboxylic acids is 1. The molecule has 7 heteroatoms. The summed E-state index contributed by atoms with van der Waals surface area (Å²) in [4.78, 5) is 30.8. The van der Waals surface area contributed by atoms with Crippen LogP contribution < -0.4 is 10.9 Å². The van der Waals surface area contributed by atoms with E-state index < -0.39 is 0 Å². The van der Waals surface area contributed by atoms with Gasteiger partial charge in [0.1, 0.15) is 17.6 Å². The van der Waals surface area contributed by atoms with Crippen LogP contribution in [-0.2, 0) is 11.3 Å². The van der Waals surface area contributed by atoms with E-state index in [9.17, 15) is 9.59 Å². The molecule has 1 aliphatic carbocycles. The van der Waals surface area contributed by atoms with Crippen molar-refractivity contribution in [1.82, 2.24) is 14.1 Å². The first kappa shape index (κ1) is 19.6. The number of hydrogen-bond acceptors (Lipinski definition) is 3. The fourth-order valence-corrected chi connectivity index (χ4v) is 4.01. The minimum atomic E-state index is -0.233. The Morgan fingerprint density at radius 3 is 2.71 bits per heavy atom. The Kier molecular flexibility index (Phi) is 4.87. The molecule has 0 spiro atoms. The Morgan fingerprint density at radius 1 is 1.19 bits per heavy atom. The van der Waals surface area contributed by atoms with Crippen molar-refractivity contribution in [2.75, 3.05) is 5.32 Å². The van der Waals surface area contributed by atoms with Crippen molar-refractivity contribution in [2.45, 2.75) is 32.4 Å². The molecule has 1 N–H and O–H groups in total. The van der Waals surface area contributed by atoms with Gasteiger partial charge in [0.2, 0.25) is 5.91 Å². The molecule has 2 heterocycles.